The molecule has 0 bridgehead atoms. The fourth-order valence-corrected chi connectivity index (χ4v) is 1.39. The predicted octanol–water partition coefficient (Wildman–Crippen LogP) is 3.56. The molecule has 0 saturated heterocycles. The van der Waals surface area contributed by atoms with E-state index in [1.165, 1.54) is 5.56 Å². The van der Waals surface area contributed by atoms with Gasteiger partial charge in [0, 0.05) is 0 Å². The summed E-state index contributed by atoms with van der Waals surface area (Å²) in [5, 5.41) is -0.495. The quantitative estimate of drug-likeness (QED) is 0.736. The standard InChI is InChI=1S/C13H17ClO2/c1-4-5-10-6-8-11(9-7-10)16-13(2,3)12(14)15/h6-9H,4-5H2,1-3H3. The molecule has 16 heavy (non-hydrogen) atoms. The molecule has 0 atom stereocenters. The Hall–Kier alpha value is -1.02. The number of carbonyl (C=O) groups is 1. The summed E-state index contributed by atoms with van der Waals surface area (Å²) in [4.78, 5) is 11.1. The predicted molar refractivity (Wildman–Crippen MR) is 66.0 cm³/mol. The Labute approximate surface area is 102 Å². The van der Waals surface area contributed by atoms with Crippen molar-refractivity contribution in [1.29, 1.82) is 0 Å². The molecule has 0 N–H and O–H groups in total. The lowest BCUT2D eigenvalue weighted by atomic mass is 10.1. The highest BCUT2D eigenvalue weighted by Gasteiger charge is 2.27. The molecule has 0 fully saturated rings. The van der Waals surface area contributed by atoms with Gasteiger partial charge in [-0.3, -0.25) is 4.79 Å². The number of ether oxygens (including phenoxy) is 1. The molecular weight excluding hydrogens is 224 g/mol. The van der Waals surface area contributed by atoms with Crippen LogP contribution in [0, 0.1) is 0 Å². The van der Waals surface area contributed by atoms with Crippen molar-refractivity contribution in [3.05, 3.63) is 29.8 Å². The van der Waals surface area contributed by atoms with E-state index in [0.717, 1.165) is 12.8 Å². The van der Waals surface area contributed by atoms with Crippen molar-refractivity contribution in [2.75, 3.05) is 0 Å². The monoisotopic (exact) mass is 240 g/mol. The SMILES string of the molecule is CCCc1ccc(OC(C)(C)C(=O)Cl)cc1. The second kappa shape index (κ2) is 5.35. The van der Waals surface area contributed by atoms with E-state index in [1.54, 1.807) is 13.8 Å². The number of aryl methyl sites for hydroxylation is 1. The molecule has 0 unspecified atom stereocenters. The second-order valence-electron chi connectivity index (χ2n) is 4.28. The zero-order chi connectivity index (χ0) is 12.2. The van der Waals surface area contributed by atoms with Gasteiger partial charge in [0.1, 0.15) is 5.75 Å². The third kappa shape index (κ3) is 3.53. The van der Waals surface area contributed by atoms with E-state index in [0.29, 0.717) is 5.75 Å². The maximum Gasteiger partial charge on any atom is 0.264 e. The van der Waals surface area contributed by atoms with E-state index in [-0.39, 0.29) is 0 Å². The van der Waals surface area contributed by atoms with E-state index in [9.17, 15) is 4.79 Å². The minimum absolute atomic E-state index is 0.495. The molecular formula is C13H17ClO2. The maximum absolute atomic E-state index is 11.1. The molecule has 0 aromatic heterocycles. The van der Waals surface area contributed by atoms with Crippen LogP contribution in [0.3, 0.4) is 0 Å². The summed E-state index contributed by atoms with van der Waals surface area (Å²) in [6.07, 6.45) is 2.17. The molecule has 0 spiro atoms. The van der Waals surface area contributed by atoms with Crippen molar-refractivity contribution >= 4 is 16.8 Å². The molecule has 0 aliphatic rings. The minimum Gasteiger partial charge on any atom is -0.479 e. The zero-order valence-electron chi connectivity index (χ0n) is 9.92. The first-order valence-corrected chi connectivity index (χ1v) is 5.81. The summed E-state index contributed by atoms with van der Waals surface area (Å²) >= 11 is 5.44. The van der Waals surface area contributed by atoms with Gasteiger partial charge in [0.05, 0.1) is 0 Å². The van der Waals surface area contributed by atoms with Crippen LogP contribution in [0.5, 0.6) is 5.75 Å². The molecule has 1 aromatic carbocycles. The first-order valence-electron chi connectivity index (χ1n) is 5.43. The van der Waals surface area contributed by atoms with Crippen molar-refractivity contribution in [1.82, 2.24) is 0 Å². The van der Waals surface area contributed by atoms with Crippen LogP contribution in [0.1, 0.15) is 32.8 Å². The van der Waals surface area contributed by atoms with Crippen LogP contribution in [-0.2, 0) is 11.2 Å². The average Bonchev–Trinajstić information content (AvgIpc) is 2.21. The van der Waals surface area contributed by atoms with Gasteiger partial charge in [-0.15, -0.1) is 0 Å². The summed E-state index contributed by atoms with van der Waals surface area (Å²) in [5.74, 6) is 0.666. The summed E-state index contributed by atoms with van der Waals surface area (Å²) < 4.78 is 5.51. The van der Waals surface area contributed by atoms with Crippen molar-refractivity contribution in [2.24, 2.45) is 0 Å². The fourth-order valence-electron chi connectivity index (χ4n) is 1.35. The van der Waals surface area contributed by atoms with E-state index in [1.807, 2.05) is 24.3 Å². The Morgan fingerprint density at radius 1 is 1.31 bits per heavy atom. The summed E-state index contributed by atoms with van der Waals surface area (Å²) in [6.45, 7) is 5.45. The Bertz CT molecular complexity index is 355. The van der Waals surface area contributed by atoms with E-state index in [2.05, 4.69) is 6.92 Å². The topological polar surface area (TPSA) is 26.3 Å². The number of benzene rings is 1. The van der Waals surface area contributed by atoms with Crippen LogP contribution >= 0.6 is 11.6 Å². The van der Waals surface area contributed by atoms with Gasteiger partial charge >= 0.3 is 0 Å². The Kier molecular flexibility index (Phi) is 4.36. The largest absolute Gasteiger partial charge is 0.479 e. The fraction of sp³-hybridized carbons (Fsp3) is 0.462. The lowest BCUT2D eigenvalue weighted by Gasteiger charge is -2.22. The van der Waals surface area contributed by atoms with Crippen molar-refractivity contribution in [3.63, 3.8) is 0 Å². The summed E-state index contributed by atoms with van der Waals surface area (Å²) in [6, 6.07) is 7.75. The minimum atomic E-state index is -0.978. The molecule has 1 aromatic rings. The molecule has 2 nitrogen and oxygen atoms in total. The molecule has 3 heteroatoms. The van der Waals surface area contributed by atoms with Crippen LogP contribution in [0.25, 0.3) is 0 Å². The van der Waals surface area contributed by atoms with Gasteiger partial charge in [-0.05, 0) is 49.6 Å². The molecule has 0 heterocycles. The molecule has 0 amide bonds. The Morgan fingerprint density at radius 3 is 2.31 bits per heavy atom. The van der Waals surface area contributed by atoms with Gasteiger partial charge in [-0.2, -0.15) is 0 Å². The van der Waals surface area contributed by atoms with Crippen molar-refractivity contribution in [2.45, 2.75) is 39.2 Å². The lowest BCUT2D eigenvalue weighted by Crippen LogP contribution is -2.34. The number of carbonyl (C=O) groups excluding carboxylic acids is 1. The van der Waals surface area contributed by atoms with Gasteiger partial charge in [0.25, 0.3) is 5.24 Å². The van der Waals surface area contributed by atoms with E-state index >= 15 is 0 Å². The van der Waals surface area contributed by atoms with Crippen LogP contribution in [0.15, 0.2) is 24.3 Å². The van der Waals surface area contributed by atoms with Crippen molar-refractivity contribution < 1.29 is 9.53 Å². The number of rotatable bonds is 5. The number of halogens is 1. The molecule has 0 radical (unpaired) electrons. The normalized spacial score (nSPS) is 11.2. The molecule has 0 saturated carbocycles. The van der Waals surface area contributed by atoms with E-state index < -0.39 is 10.8 Å². The lowest BCUT2D eigenvalue weighted by molar-refractivity contribution is -0.123. The van der Waals surface area contributed by atoms with Gasteiger partial charge < -0.3 is 4.74 Å². The summed E-state index contributed by atoms with van der Waals surface area (Å²) in [7, 11) is 0. The highest BCUT2D eigenvalue weighted by Crippen LogP contribution is 2.21. The summed E-state index contributed by atoms with van der Waals surface area (Å²) in [5.41, 5.74) is 0.290. The average molecular weight is 241 g/mol. The van der Waals surface area contributed by atoms with Crippen LogP contribution < -0.4 is 4.74 Å². The van der Waals surface area contributed by atoms with Gasteiger partial charge in [0.2, 0.25) is 0 Å². The van der Waals surface area contributed by atoms with Gasteiger partial charge in [0.15, 0.2) is 5.60 Å². The van der Waals surface area contributed by atoms with E-state index in [4.69, 9.17) is 16.3 Å². The first-order chi connectivity index (χ1) is 7.45. The van der Waals surface area contributed by atoms with Gasteiger partial charge in [-0.25, -0.2) is 0 Å². The Balaban J connectivity index is 2.72. The second-order valence-corrected chi connectivity index (χ2v) is 4.62. The van der Waals surface area contributed by atoms with Crippen LogP contribution in [0.2, 0.25) is 0 Å². The van der Waals surface area contributed by atoms with Crippen molar-refractivity contribution in [3.8, 4) is 5.75 Å². The molecule has 1 rings (SSSR count). The smallest absolute Gasteiger partial charge is 0.264 e. The van der Waals surface area contributed by atoms with Crippen LogP contribution in [-0.4, -0.2) is 10.8 Å². The third-order valence-electron chi connectivity index (χ3n) is 2.31. The maximum atomic E-state index is 11.1. The van der Waals surface area contributed by atoms with Crippen LogP contribution in [0.4, 0.5) is 0 Å². The van der Waals surface area contributed by atoms with Gasteiger partial charge in [-0.1, -0.05) is 25.5 Å². The zero-order valence-corrected chi connectivity index (χ0v) is 10.7. The molecule has 0 aliphatic heterocycles. The Morgan fingerprint density at radius 2 is 1.88 bits per heavy atom. The molecule has 88 valence electrons. The number of hydrogen-bond acceptors (Lipinski definition) is 2. The molecule has 0 aliphatic carbocycles. The highest BCUT2D eigenvalue weighted by molar-refractivity contribution is 6.65. The number of hydrogen-bond donors (Lipinski definition) is 0. The highest BCUT2D eigenvalue weighted by atomic mass is 35.5. The third-order valence-corrected chi connectivity index (χ3v) is 2.76. The first kappa shape index (κ1) is 13.0.